The molecule has 0 radical (unpaired) electrons. The van der Waals surface area contributed by atoms with Gasteiger partial charge in [0.25, 0.3) is 5.91 Å². The van der Waals surface area contributed by atoms with E-state index in [-0.39, 0.29) is 29.8 Å². The van der Waals surface area contributed by atoms with Gasteiger partial charge < -0.3 is 20.7 Å². The summed E-state index contributed by atoms with van der Waals surface area (Å²) in [7, 11) is 1.61. The average molecular weight is 436 g/mol. The van der Waals surface area contributed by atoms with Crippen molar-refractivity contribution in [2.75, 3.05) is 12.4 Å². The Balaban J connectivity index is 1.55. The van der Waals surface area contributed by atoms with Gasteiger partial charge in [0.2, 0.25) is 5.91 Å². The van der Waals surface area contributed by atoms with Crippen molar-refractivity contribution in [2.45, 2.75) is 63.6 Å². The van der Waals surface area contributed by atoms with E-state index in [4.69, 9.17) is 10.5 Å². The molecule has 3 N–H and O–H groups in total. The van der Waals surface area contributed by atoms with E-state index in [1.165, 1.54) is 0 Å². The fourth-order valence-corrected chi connectivity index (χ4v) is 4.62. The lowest BCUT2D eigenvalue weighted by Gasteiger charge is -2.38. The van der Waals surface area contributed by atoms with Crippen LogP contribution in [0, 0.1) is 5.92 Å². The Labute approximate surface area is 190 Å². The van der Waals surface area contributed by atoms with E-state index in [0.717, 1.165) is 61.9 Å². The summed E-state index contributed by atoms with van der Waals surface area (Å²) >= 11 is 0. The van der Waals surface area contributed by atoms with Crippen LogP contribution in [0.2, 0.25) is 0 Å². The van der Waals surface area contributed by atoms with E-state index >= 15 is 0 Å². The number of benzene rings is 2. The number of nitrogens with one attached hydrogen (secondary N) is 1. The van der Waals surface area contributed by atoms with Crippen LogP contribution in [0.4, 0.5) is 5.69 Å². The molecular formula is C26H33N3O3. The molecule has 4 rings (SSSR count). The third kappa shape index (κ3) is 5.13. The summed E-state index contributed by atoms with van der Waals surface area (Å²) in [4.78, 5) is 27.8. The van der Waals surface area contributed by atoms with Crippen LogP contribution in [0.5, 0.6) is 5.75 Å². The first-order valence-electron chi connectivity index (χ1n) is 11.7. The largest absolute Gasteiger partial charge is 0.497 e. The summed E-state index contributed by atoms with van der Waals surface area (Å²) < 4.78 is 5.23. The Kier molecular flexibility index (Phi) is 7.10. The van der Waals surface area contributed by atoms with E-state index in [0.29, 0.717) is 12.1 Å². The summed E-state index contributed by atoms with van der Waals surface area (Å²) in [5.41, 5.74) is 8.86. The number of nitrogens with zero attached hydrogens (tertiary/aromatic N) is 1. The molecule has 0 saturated heterocycles. The Morgan fingerprint density at radius 1 is 1.03 bits per heavy atom. The standard InChI is InChI=1S/C26H33N3O3/c1-32-22-14-12-20(13-15-22)26(31)29(24-11-3-2-10-23(24)27)17-18-6-4-9-21(16-18)28-25(30)19-7-5-8-19/h4,6,9,12-16,19,23-24H,2-3,5,7-8,10-11,17,27H2,1H3,(H,28,30). The van der Waals surface area contributed by atoms with Crippen LogP contribution < -0.4 is 15.8 Å². The highest BCUT2D eigenvalue weighted by Gasteiger charge is 2.32. The van der Waals surface area contributed by atoms with E-state index < -0.39 is 0 Å². The number of amides is 2. The van der Waals surface area contributed by atoms with Gasteiger partial charge in [0.05, 0.1) is 7.11 Å². The minimum Gasteiger partial charge on any atom is -0.497 e. The van der Waals surface area contributed by atoms with Gasteiger partial charge in [-0.1, -0.05) is 31.4 Å². The van der Waals surface area contributed by atoms with Crippen LogP contribution >= 0.6 is 0 Å². The first-order chi connectivity index (χ1) is 15.5. The molecule has 0 spiro atoms. The number of ether oxygens (including phenoxy) is 1. The highest BCUT2D eigenvalue weighted by Crippen LogP contribution is 2.29. The average Bonchev–Trinajstić information content (AvgIpc) is 2.77. The maximum atomic E-state index is 13.6. The number of rotatable bonds is 7. The van der Waals surface area contributed by atoms with Gasteiger partial charge in [-0.25, -0.2) is 0 Å². The number of nitrogens with two attached hydrogens (primary N) is 1. The molecule has 170 valence electrons. The molecule has 2 atom stereocenters. The van der Waals surface area contributed by atoms with Crippen molar-refractivity contribution in [3.63, 3.8) is 0 Å². The number of anilines is 1. The van der Waals surface area contributed by atoms with E-state index in [1.54, 1.807) is 19.2 Å². The molecule has 6 heteroatoms. The van der Waals surface area contributed by atoms with Crippen molar-refractivity contribution in [2.24, 2.45) is 11.7 Å². The topological polar surface area (TPSA) is 84.7 Å². The Morgan fingerprint density at radius 2 is 1.78 bits per heavy atom. The van der Waals surface area contributed by atoms with E-state index in [2.05, 4.69) is 5.32 Å². The van der Waals surface area contributed by atoms with Crippen molar-refractivity contribution < 1.29 is 14.3 Å². The number of hydrogen-bond donors (Lipinski definition) is 2. The van der Waals surface area contributed by atoms with Gasteiger partial charge >= 0.3 is 0 Å². The number of carbonyl (C=O) groups excluding carboxylic acids is 2. The second-order valence-corrected chi connectivity index (χ2v) is 8.99. The summed E-state index contributed by atoms with van der Waals surface area (Å²) in [6.45, 7) is 0.455. The summed E-state index contributed by atoms with van der Waals surface area (Å²) in [5, 5.41) is 3.04. The zero-order valence-electron chi connectivity index (χ0n) is 18.8. The van der Waals surface area contributed by atoms with Crippen molar-refractivity contribution in [1.29, 1.82) is 0 Å². The molecular weight excluding hydrogens is 402 g/mol. The van der Waals surface area contributed by atoms with Gasteiger partial charge in [0, 0.05) is 35.8 Å². The van der Waals surface area contributed by atoms with Gasteiger partial charge in [0.1, 0.15) is 5.75 Å². The molecule has 2 amide bonds. The molecule has 2 unspecified atom stereocenters. The van der Waals surface area contributed by atoms with Gasteiger partial charge in [-0.05, 0) is 67.6 Å². The highest BCUT2D eigenvalue weighted by atomic mass is 16.5. The molecule has 2 aliphatic carbocycles. The van der Waals surface area contributed by atoms with Crippen molar-refractivity contribution >= 4 is 17.5 Å². The van der Waals surface area contributed by atoms with Crippen LogP contribution in [0.25, 0.3) is 0 Å². The Morgan fingerprint density at radius 3 is 2.44 bits per heavy atom. The van der Waals surface area contributed by atoms with Gasteiger partial charge in [-0.2, -0.15) is 0 Å². The number of methoxy groups -OCH3 is 1. The molecule has 2 aliphatic rings. The minimum absolute atomic E-state index is 0.00780. The predicted octanol–water partition coefficient (Wildman–Crippen LogP) is 4.35. The third-order valence-corrected chi connectivity index (χ3v) is 6.80. The highest BCUT2D eigenvalue weighted by molar-refractivity contribution is 5.95. The van der Waals surface area contributed by atoms with Crippen molar-refractivity contribution in [3.8, 4) is 5.75 Å². The monoisotopic (exact) mass is 435 g/mol. The Hall–Kier alpha value is -2.86. The second-order valence-electron chi connectivity index (χ2n) is 8.99. The van der Waals surface area contributed by atoms with Crippen LogP contribution in [0.1, 0.15) is 60.9 Å². The van der Waals surface area contributed by atoms with Crippen LogP contribution in [-0.4, -0.2) is 35.9 Å². The first kappa shape index (κ1) is 22.3. The quantitative estimate of drug-likeness (QED) is 0.677. The van der Waals surface area contributed by atoms with Gasteiger partial charge in [-0.15, -0.1) is 0 Å². The van der Waals surface area contributed by atoms with E-state index in [9.17, 15) is 9.59 Å². The zero-order chi connectivity index (χ0) is 22.5. The summed E-state index contributed by atoms with van der Waals surface area (Å²) in [5.74, 6) is 0.914. The molecule has 0 aliphatic heterocycles. The molecule has 2 saturated carbocycles. The van der Waals surface area contributed by atoms with E-state index in [1.807, 2.05) is 41.3 Å². The van der Waals surface area contributed by atoms with Crippen LogP contribution in [-0.2, 0) is 11.3 Å². The molecule has 6 nitrogen and oxygen atoms in total. The summed E-state index contributed by atoms with van der Waals surface area (Å²) in [6.07, 6.45) is 7.07. The lowest BCUT2D eigenvalue weighted by Crippen LogP contribution is -2.51. The lowest BCUT2D eigenvalue weighted by atomic mass is 9.85. The predicted molar refractivity (Wildman–Crippen MR) is 126 cm³/mol. The van der Waals surface area contributed by atoms with Gasteiger partial charge in [-0.3, -0.25) is 9.59 Å². The number of carbonyl (C=O) groups is 2. The molecule has 2 fully saturated rings. The van der Waals surface area contributed by atoms with Crippen LogP contribution in [0.15, 0.2) is 48.5 Å². The molecule has 0 heterocycles. The van der Waals surface area contributed by atoms with Crippen molar-refractivity contribution in [1.82, 2.24) is 4.90 Å². The maximum absolute atomic E-state index is 13.6. The zero-order valence-corrected chi connectivity index (χ0v) is 18.8. The second kappa shape index (κ2) is 10.2. The molecule has 32 heavy (non-hydrogen) atoms. The van der Waals surface area contributed by atoms with Gasteiger partial charge in [0.15, 0.2) is 0 Å². The third-order valence-electron chi connectivity index (χ3n) is 6.80. The normalized spacial score (nSPS) is 20.8. The lowest BCUT2D eigenvalue weighted by molar-refractivity contribution is -0.122. The smallest absolute Gasteiger partial charge is 0.254 e. The molecule has 2 aromatic carbocycles. The van der Waals surface area contributed by atoms with Crippen molar-refractivity contribution in [3.05, 3.63) is 59.7 Å². The van der Waals surface area contributed by atoms with Crippen LogP contribution in [0.3, 0.4) is 0 Å². The maximum Gasteiger partial charge on any atom is 0.254 e. The fraction of sp³-hybridized carbons (Fsp3) is 0.462. The minimum atomic E-state index is -0.0348. The SMILES string of the molecule is COc1ccc(C(=O)N(Cc2cccc(NC(=O)C3CCC3)c2)C2CCCCC2N)cc1. The Bertz CT molecular complexity index is 940. The molecule has 2 aromatic rings. The number of hydrogen-bond acceptors (Lipinski definition) is 4. The molecule has 0 aromatic heterocycles. The first-order valence-corrected chi connectivity index (χ1v) is 11.7. The fourth-order valence-electron chi connectivity index (χ4n) is 4.62. The molecule has 0 bridgehead atoms. The summed E-state index contributed by atoms with van der Waals surface area (Å²) in [6, 6.07) is 15.0.